The molecule has 0 amide bonds. The Morgan fingerprint density at radius 2 is 1.19 bits per heavy atom. The van der Waals surface area contributed by atoms with Gasteiger partial charge in [0.05, 0.1) is 0 Å². The third-order valence-electron chi connectivity index (χ3n) is 3.35. The second-order valence-corrected chi connectivity index (χ2v) is 4.60. The topological polar surface area (TPSA) is 0 Å². The van der Waals surface area contributed by atoms with Crippen LogP contribution in [0.15, 0.2) is 38.0 Å². The maximum atomic E-state index is 3.87. The van der Waals surface area contributed by atoms with Gasteiger partial charge < -0.3 is 0 Å². The van der Waals surface area contributed by atoms with E-state index in [9.17, 15) is 0 Å². The molecule has 0 saturated heterocycles. The predicted molar refractivity (Wildman–Crippen MR) is 75.6 cm³/mol. The van der Waals surface area contributed by atoms with Crippen LogP contribution in [0.5, 0.6) is 0 Å². The monoisotopic (exact) mass is 220 g/mol. The minimum absolute atomic E-state index is 0.0383. The zero-order valence-electron chi connectivity index (χ0n) is 11.0. The summed E-state index contributed by atoms with van der Waals surface area (Å²) in [5, 5.41) is 0. The van der Waals surface area contributed by atoms with Crippen LogP contribution in [0, 0.1) is 5.41 Å². The van der Waals surface area contributed by atoms with Gasteiger partial charge >= 0.3 is 0 Å². The Morgan fingerprint density at radius 3 is 1.62 bits per heavy atom. The van der Waals surface area contributed by atoms with E-state index >= 15 is 0 Å². The Morgan fingerprint density at radius 1 is 0.750 bits per heavy atom. The molecule has 0 aromatic carbocycles. The second kappa shape index (κ2) is 9.45. The van der Waals surface area contributed by atoms with E-state index < -0.39 is 0 Å². The fourth-order valence-corrected chi connectivity index (χ4v) is 1.94. The lowest BCUT2D eigenvalue weighted by atomic mass is 9.83. The van der Waals surface area contributed by atoms with Gasteiger partial charge in [-0.15, -0.1) is 19.7 Å². The molecule has 0 saturated carbocycles. The Balaban J connectivity index is 3.59. The summed E-state index contributed by atoms with van der Waals surface area (Å²) in [6.45, 7) is 13.9. The highest BCUT2D eigenvalue weighted by Crippen LogP contribution is 2.29. The van der Waals surface area contributed by atoms with Gasteiger partial charge in [0, 0.05) is 5.41 Å². The lowest BCUT2D eigenvalue weighted by Gasteiger charge is -2.21. The molecular weight excluding hydrogens is 192 g/mol. The van der Waals surface area contributed by atoms with Crippen LogP contribution in [0.1, 0.15) is 58.3 Å². The third kappa shape index (κ3) is 5.95. The van der Waals surface area contributed by atoms with Gasteiger partial charge in [0.15, 0.2) is 0 Å². The van der Waals surface area contributed by atoms with E-state index in [0.29, 0.717) is 0 Å². The Labute approximate surface area is 102 Å². The Bertz CT molecular complexity index is 178. The first-order valence-corrected chi connectivity index (χ1v) is 6.65. The predicted octanol–water partition coefficient (Wildman–Crippen LogP) is 5.67. The highest BCUT2D eigenvalue weighted by atomic mass is 14.2. The van der Waals surface area contributed by atoms with E-state index in [1.807, 2.05) is 18.2 Å². The van der Waals surface area contributed by atoms with Gasteiger partial charge in [-0.25, -0.2) is 0 Å². The fourth-order valence-electron chi connectivity index (χ4n) is 1.94. The molecule has 0 spiro atoms. The summed E-state index contributed by atoms with van der Waals surface area (Å²) in [7, 11) is 0. The Hall–Kier alpha value is -0.780. The molecule has 0 nitrogen and oxygen atoms in total. The van der Waals surface area contributed by atoms with Gasteiger partial charge in [0.1, 0.15) is 0 Å². The number of unbranched alkanes of at least 4 members (excludes halogenated alkanes) is 6. The zero-order chi connectivity index (χ0) is 12.3. The quantitative estimate of drug-likeness (QED) is 0.311. The van der Waals surface area contributed by atoms with Crippen molar-refractivity contribution < 1.29 is 0 Å². The average Bonchev–Trinajstić information content (AvgIpc) is 2.34. The average molecular weight is 220 g/mol. The van der Waals surface area contributed by atoms with E-state index in [4.69, 9.17) is 0 Å². The summed E-state index contributed by atoms with van der Waals surface area (Å²) in [6.07, 6.45) is 16.4. The molecule has 16 heavy (non-hydrogen) atoms. The van der Waals surface area contributed by atoms with E-state index in [1.54, 1.807) is 0 Å². The van der Waals surface area contributed by atoms with Crippen molar-refractivity contribution >= 4 is 0 Å². The molecule has 0 radical (unpaired) electrons. The molecular formula is C16H28. The van der Waals surface area contributed by atoms with Crippen molar-refractivity contribution in [2.24, 2.45) is 5.41 Å². The summed E-state index contributed by atoms with van der Waals surface area (Å²) in [5.74, 6) is 0. The van der Waals surface area contributed by atoms with Crippen molar-refractivity contribution in [2.45, 2.75) is 58.3 Å². The molecule has 0 heteroatoms. The number of hydrogen-bond donors (Lipinski definition) is 0. The first kappa shape index (κ1) is 15.2. The molecule has 0 aliphatic carbocycles. The van der Waals surface area contributed by atoms with Crippen LogP contribution >= 0.6 is 0 Å². The largest absolute Gasteiger partial charge is 0.102 e. The number of allylic oxidation sites excluding steroid dienone is 3. The van der Waals surface area contributed by atoms with Crippen LogP contribution in [0.25, 0.3) is 0 Å². The molecule has 0 heterocycles. The second-order valence-electron chi connectivity index (χ2n) is 4.60. The number of hydrogen-bond acceptors (Lipinski definition) is 0. The minimum atomic E-state index is -0.0383. The van der Waals surface area contributed by atoms with Gasteiger partial charge in [0.25, 0.3) is 0 Å². The standard InChI is InChI=1S/C16H28/c1-5-9-10-11-12-13-14-15-16(6-2,7-3)8-4/h6-8H,2-5,9-15H2,1H3. The lowest BCUT2D eigenvalue weighted by molar-refractivity contribution is 0.498. The maximum absolute atomic E-state index is 3.87. The van der Waals surface area contributed by atoms with Crippen LogP contribution in [0.3, 0.4) is 0 Å². The maximum Gasteiger partial charge on any atom is 0.0234 e. The molecule has 0 bridgehead atoms. The molecule has 0 fully saturated rings. The van der Waals surface area contributed by atoms with Gasteiger partial charge in [-0.1, -0.05) is 70.1 Å². The van der Waals surface area contributed by atoms with Gasteiger partial charge in [0.2, 0.25) is 0 Å². The van der Waals surface area contributed by atoms with Crippen LogP contribution < -0.4 is 0 Å². The molecule has 0 N–H and O–H groups in total. The van der Waals surface area contributed by atoms with Gasteiger partial charge in [-0.2, -0.15) is 0 Å². The van der Waals surface area contributed by atoms with Gasteiger partial charge in [-0.3, -0.25) is 0 Å². The van der Waals surface area contributed by atoms with Crippen molar-refractivity contribution in [3.8, 4) is 0 Å². The van der Waals surface area contributed by atoms with Crippen LogP contribution in [-0.4, -0.2) is 0 Å². The first-order valence-electron chi connectivity index (χ1n) is 6.65. The summed E-state index contributed by atoms with van der Waals surface area (Å²) in [5.41, 5.74) is -0.0383. The summed E-state index contributed by atoms with van der Waals surface area (Å²) in [6, 6.07) is 0. The number of rotatable bonds is 11. The normalized spacial score (nSPS) is 11.1. The molecule has 0 unspecified atom stereocenters. The van der Waals surface area contributed by atoms with E-state index in [1.165, 1.54) is 44.9 Å². The molecule has 0 rings (SSSR count). The van der Waals surface area contributed by atoms with Crippen LogP contribution in [0.2, 0.25) is 0 Å². The van der Waals surface area contributed by atoms with Crippen molar-refractivity contribution in [2.75, 3.05) is 0 Å². The van der Waals surface area contributed by atoms with Crippen molar-refractivity contribution in [1.29, 1.82) is 0 Å². The summed E-state index contributed by atoms with van der Waals surface area (Å²) >= 11 is 0. The highest BCUT2D eigenvalue weighted by molar-refractivity contribution is 5.15. The minimum Gasteiger partial charge on any atom is -0.102 e. The van der Waals surface area contributed by atoms with Gasteiger partial charge in [-0.05, 0) is 6.42 Å². The molecule has 92 valence electrons. The summed E-state index contributed by atoms with van der Waals surface area (Å²) < 4.78 is 0. The van der Waals surface area contributed by atoms with Crippen molar-refractivity contribution in [3.05, 3.63) is 38.0 Å². The van der Waals surface area contributed by atoms with E-state index in [2.05, 4.69) is 26.7 Å². The fraction of sp³-hybridized carbons (Fsp3) is 0.625. The molecule has 0 aromatic heterocycles. The van der Waals surface area contributed by atoms with E-state index in [0.717, 1.165) is 6.42 Å². The van der Waals surface area contributed by atoms with E-state index in [-0.39, 0.29) is 5.41 Å². The summed E-state index contributed by atoms with van der Waals surface area (Å²) in [4.78, 5) is 0. The first-order chi connectivity index (χ1) is 7.74. The lowest BCUT2D eigenvalue weighted by Crippen LogP contribution is -2.09. The molecule has 0 aliphatic heterocycles. The smallest absolute Gasteiger partial charge is 0.0234 e. The molecule has 0 aromatic rings. The van der Waals surface area contributed by atoms with Crippen LogP contribution in [-0.2, 0) is 0 Å². The Kier molecular flexibility index (Phi) is 8.99. The SMILES string of the molecule is C=CC(C=C)(C=C)CCCCCCCCC. The highest BCUT2D eigenvalue weighted by Gasteiger charge is 2.16. The van der Waals surface area contributed by atoms with Crippen LogP contribution in [0.4, 0.5) is 0 Å². The van der Waals surface area contributed by atoms with Crippen molar-refractivity contribution in [3.63, 3.8) is 0 Å². The van der Waals surface area contributed by atoms with Crippen molar-refractivity contribution in [1.82, 2.24) is 0 Å². The molecule has 0 atom stereocenters. The zero-order valence-corrected chi connectivity index (χ0v) is 11.0. The third-order valence-corrected chi connectivity index (χ3v) is 3.35. The molecule has 0 aliphatic rings.